The molecule has 1 saturated heterocycles. The lowest BCUT2D eigenvalue weighted by atomic mass is 10.1. The van der Waals surface area contributed by atoms with Gasteiger partial charge in [-0.25, -0.2) is 0 Å². The van der Waals surface area contributed by atoms with Gasteiger partial charge in [0.2, 0.25) is 5.91 Å². The van der Waals surface area contributed by atoms with Crippen molar-refractivity contribution in [2.24, 2.45) is 0 Å². The molecule has 2 amide bonds. The zero-order valence-corrected chi connectivity index (χ0v) is 15.5. The van der Waals surface area contributed by atoms with Gasteiger partial charge < -0.3 is 19.3 Å². The maximum atomic E-state index is 12.6. The van der Waals surface area contributed by atoms with Crippen molar-refractivity contribution in [3.05, 3.63) is 21.7 Å². The minimum Gasteiger partial charge on any atom is -0.493 e. The molecule has 6 nitrogen and oxygen atoms in total. The van der Waals surface area contributed by atoms with Crippen LogP contribution in [-0.2, 0) is 11.3 Å². The predicted molar refractivity (Wildman–Crippen MR) is 92.4 cm³/mol. The topological polar surface area (TPSA) is 59.1 Å². The maximum Gasteiger partial charge on any atom is 0.254 e. The number of halogens is 1. The monoisotopic (exact) mass is 396 g/mol. The number of benzene rings is 1. The van der Waals surface area contributed by atoms with E-state index in [1.165, 1.54) is 0 Å². The maximum absolute atomic E-state index is 12.6. The summed E-state index contributed by atoms with van der Waals surface area (Å²) in [5.41, 5.74) is 1.58. The van der Waals surface area contributed by atoms with Crippen LogP contribution in [-0.4, -0.2) is 55.5 Å². The number of nitrogens with zero attached hydrogens (tertiary/aromatic N) is 2. The highest BCUT2D eigenvalue weighted by Gasteiger charge is 2.32. The lowest BCUT2D eigenvalue weighted by Crippen LogP contribution is -2.31. The summed E-state index contributed by atoms with van der Waals surface area (Å²) in [5, 5.41) is 0. The Kier molecular flexibility index (Phi) is 4.99. The Balaban J connectivity index is 1.69. The summed E-state index contributed by atoms with van der Waals surface area (Å²) in [6, 6.07) is 1.74. The lowest BCUT2D eigenvalue weighted by molar-refractivity contribution is -0.127. The number of fused-ring (bicyclic) bond motifs is 1. The molecule has 0 saturated carbocycles. The van der Waals surface area contributed by atoms with Crippen LogP contribution < -0.4 is 9.47 Å². The van der Waals surface area contributed by atoms with Gasteiger partial charge in [0.25, 0.3) is 5.91 Å². The molecule has 2 heterocycles. The first kappa shape index (κ1) is 17.1. The number of carbonyl (C=O) groups excluding carboxylic acids is 2. The average Bonchev–Trinajstić information content (AvgIpc) is 3.12. The van der Waals surface area contributed by atoms with E-state index in [0.29, 0.717) is 43.1 Å². The van der Waals surface area contributed by atoms with E-state index in [4.69, 9.17) is 9.47 Å². The highest BCUT2D eigenvalue weighted by molar-refractivity contribution is 9.10. The normalized spacial score (nSPS) is 16.8. The number of carbonyl (C=O) groups is 2. The van der Waals surface area contributed by atoms with Crippen molar-refractivity contribution >= 4 is 27.7 Å². The minimum absolute atomic E-state index is 0.000554. The van der Waals surface area contributed by atoms with Crippen LogP contribution in [0.25, 0.3) is 0 Å². The fourth-order valence-corrected chi connectivity index (χ4v) is 4.04. The van der Waals surface area contributed by atoms with E-state index >= 15 is 0 Å². The first-order chi connectivity index (χ1) is 11.6. The molecule has 0 aromatic heterocycles. The number of rotatable bonds is 6. The highest BCUT2D eigenvalue weighted by atomic mass is 79.9. The van der Waals surface area contributed by atoms with Crippen molar-refractivity contribution in [1.82, 2.24) is 9.80 Å². The Morgan fingerprint density at radius 3 is 2.54 bits per heavy atom. The zero-order chi connectivity index (χ0) is 17.3. The third-order valence-electron chi connectivity index (χ3n) is 4.61. The van der Waals surface area contributed by atoms with Crippen LogP contribution in [0.15, 0.2) is 10.5 Å². The summed E-state index contributed by atoms with van der Waals surface area (Å²) in [6.07, 6.45) is 2.39. The second-order valence-electron chi connectivity index (χ2n) is 6.02. The molecule has 2 aliphatic heterocycles. The van der Waals surface area contributed by atoms with Crippen LogP contribution in [0.3, 0.4) is 0 Å². The largest absolute Gasteiger partial charge is 0.493 e. The Morgan fingerprint density at radius 2 is 1.92 bits per heavy atom. The summed E-state index contributed by atoms with van der Waals surface area (Å²) in [7, 11) is 3.14. The molecule has 1 aromatic rings. The molecule has 7 heteroatoms. The van der Waals surface area contributed by atoms with Gasteiger partial charge in [-0.2, -0.15) is 0 Å². The SMILES string of the molecule is COc1cc2c(c(Br)c1OC)CN(CCCN1CCCC1=O)C2=O. The molecule has 130 valence electrons. The Morgan fingerprint density at radius 1 is 1.17 bits per heavy atom. The van der Waals surface area contributed by atoms with E-state index in [-0.39, 0.29) is 11.8 Å². The number of hydrogen-bond acceptors (Lipinski definition) is 4. The van der Waals surface area contributed by atoms with Crippen LogP contribution in [0, 0.1) is 0 Å². The van der Waals surface area contributed by atoms with Gasteiger partial charge in [0.05, 0.1) is 18.7 Å². The number of ether oxygens (including phenoxy) is 2. The van der Waals surface area contributed by atoms with Gasteiger partial charge in [-0.1, -0.05) is 0 Å². The van der Waals surface area contributed by atoms with Crippen molar-refractivity contribution < 1.29 is 19.1 Å². The van der Waals surface area contributed by atoms with E-state index in [2.05, 4.69) is 15.9 Å². The molecule has 0 spiro atoms. The number of hydrogen-bond donors (Lipinski definition) is 0. The van der Waals surface area contributed by atoms with Crippen LogP contribution >= 0.6 is 15.9 Å². The van der Waals surface area contributed by atoms with Crippen molar-refractivity contribution in [1.29, 1.82) is 0 Å². The molecule has 2 aliphatic rings. The molecule has 24 heavy (non-hydrogen) atoms. The molecule has 0 unspecified atom stereocenters. The Bertz CT molecular complexity index is 677. The molecule has 0 atom stereocenters. The number of amides is 2. The first-order valence-electron chi connectivity index (χ1n) is 8.07. The summed E-state index contributed by atoms with van der Waals surface area (Å²) in [6.45, 7) is 2.73. The van der Waals surface area contributed by atoms with E-state index in [9.17, 15) is 9.59 Å². The van der Waals surface area contributed by atoms with Gasteiger partial charge in [-0.15, -0.1) is 0 Å². The van der Waals surface area contributed by atoms with Crippen LogP contribution in [0.4, 0.5) is 0 Å². The fraction of sp³-hybridized carbons (Fsp3) is 0.529. The molecule has 0 radical (unpaired) electrons. The minimum atomic E-state index is -0.000554. The van der Waals surface area contributed by atoms with E-state index < -0.39 is 0 Å². The first-order valence-corrected chi connectivity index (χ1v) is 8.86. The van der Waals surface area contributed by atoms with Crippen molar-refractivity contribution in [2.75, 3.05) is 33.9 Å². The third-order valence-corrected chi connectivity index (χ3v) is 5.45. The second-order valence-corrected chi connectivity index (χ2v) is 6.81. The van der Waals surface area contributed by atoms with E-state index in [0.717, 1.165) is 29.4 Å². The predicted octanol–water partition coefficient (Wildman–Crippen LogP) is 2.43. The Hall–Kier alpha value is -1.76. The van der Waals surface area contributed by atoms with Crippen molar-refractivity contribution in [2.45, 2.75) is 25.8 Å². The highest BCUT2D eigenvalue weighted by Crippen LogP contribution is 2.42. The van der Waals surface area contributed by atoms with Crippen molar-refractivity contribution in [3.8, 4) is 11.5 Å². The smallest absolute Gasteiger partial charge is 0.254 e. The molecule has 0 N–H and O–H groups in total. The standard InChI is InChI=1S/C17H21BrN2O4/c1-23-13-9-11-12(15(18)16(13)24-2)10-20(17(11)22)8-4-7-19-6-3-5-14(19)21/h9H,3-8,10H2,1-2H3. The lowest BCUT2D eigenvalue weighted by Gasteiger charge is -2.19. The summed E-state index contributed by atoms with van der Waals surface area (Å²) in [4.78, 5) is 28.0. The molecule has 1 fully saturated rings. The molecular weight excluding hydrogens is 376 g/mol. The van der Waals surface area contributed by atoms with Gasteiger partial charge in [0.15, 0.2) is 11.5 Å². The van der Waals surface area contributed by atoms with Gasteiger partial charge in [-0.3, -0.25) is 9.59 Å². The van der Waals surface area contributed by atoms with E-state index in [1.807, 2.05) is 9.80 Å². The summed E-state index contributed by atoms with van der Waals surface area (Å²) in [5.74, 6) is 1.37. The average molecular weight is 397 g/mol. The Labute approximate surface area is 149 Å². The summed E-state index contributed by atoms with van der Waals surface area (Å²) < 4.78 is 11.5. The van der Waals surface area contributed by atoms with E-state index in [1.54, 1.807) is 20.3 Å². The van der Waals surface area contributed by atoms with Crippen LogP contribution in [0.1, 0.15) is 35.2 Å². The van der Waals surface area contributed by atoms with Crippen molar-refractivity contribution in [3.63, 3.8) is 0 Å². The zero-order valence-electron chi connectivity index (χ0n) is 13.9. The van der Waals surface area contributed by atoms with Gasteiger partial charge in [0, 0.05) is 43.7 Å². The van der Waals surface area contributed by atoms with Gasteiger partial charge in [-0.05, 0) is 34.8 Å². The summed E-state index contributed by atoms with van der Waals surface area (Å²) >= 11 is 3.53. The van der Waals surface area contributed by atoms with Gasteiger partial charge in [0.1, 0.15) is 0 Å². The van der Waals surface area contributed by atoms with Gasteiger partial charge >= 0.3 is 0 Å². The number of methoxy groups -OCH3 is 2. The molecule has 0 bridgehead atoms. The molecular formula is C17H21BrN2O4. The quantitative estimate of drug-likeness (QED) is 0.740. The molecule has 3 rings (SSSR count). The fourth-order valence-electron chi connectivity index (χ4n) is 3.34. The third kappa shape index (κ3) is 2.97. The molecule has 0 aliphatic carbocycles. The molecule has 1 aromatic carbocycles. The van der Waals surface area contributed by atoms with Crippen LogP contribution in [0.5, 0.6) is 11.5 Å². The second kappa shape index (κ2) is 7.01. The number of likely N-dealkylation sites (tertiary alicyclic amines) is 1. The van der Waals surface area contributed by atoms with Crippen LogP contribution in [0.2, 0.25) is 0 Å².